The van der Waals surface area contributed by atoms with Crippen molar-refractivity contribution in [3.8, 4) is 0 Å². The quantitative estimate of drug-likeness (QED) is 0.481. The summed E-state index contributed by atoms with van der Waals surface area (Å²) in [6, 6.07) is 9.13. The van der Waals surface area contributed by atoms with E-state index < -0.39 is 0 Å². The molecule has 1 aromatic carbocycles. The summed E-state index contributed by atoms with van der Waals surface area (Å²) in [5.74, 6) is -0.287. The maximum Gasteiger partial charge on any atom is 0.265 e. The van der Waals surface area contributed by atoms with Crippen molar-refractivity contribution in [3.05, 3.63) is 40.8 Å². The first kappa shape index (κ1) is 11.0. The molecule has 16 heavy (non-hydrogen) atoms. The minimum Gasteiger partial charge on any atom is -0.307 e. The molecule has 2 rings (SSSR count). The molecule has 1 aliphatic rings. The Morgan fingerprint density at radius 3 is 2.56 bits per heavy atom. The van der Waals surface area contributed by atoms with Gasteiger partial charge in [-0.25, -0.2) is 5.53 Å². The van der Waals surface area contributed by atoms with Crippen molar-refractivity contribution in [2.24, 2.45) is 5.11 Å². The number of thioether (sulfide) groups is 1. The van der Waals surface area contributed by atoms with Crippen LogP contribution in [0.15, 0.2) is 40.4 Å². The van der Waals surface area contributed by atoms with Gasteiger partial charge in [-0.15, -0.1) is 0 Å². The average molecular weight is 249 g/mol. The van der Waals surface area contributed by atoms with Crippen LogP contribution in [0, 0.1) is 5.53 Å². The number of hydrogen-bond donors (Lipinski definition) is 2. The van der Waals surface area contributed by atoms with Crippen LogP contribution < -0.4 is 5.32 Å². The fourth-order valence-electron chi connectivity index (χ4n) is 1.31. The number of carbonyl (C=O) groups is 1. The van der Waals surface area contributed by atoms with E-state index in [1.807, 2.05) is 18.2 Å². The van der Waals surface area contributed by atoms with Crippen LogP contribution in [0.1, 0.15) is 5.56 Å². The van der Waals surface area contributed by atoms with Crippen LogP contribution in [0.5, 0.6) is 0 Å². The molecule has 0 radical (unpaired) electrons. The smallest absolute Gasteiger partial charge is 0.265 e. The number of thiocarbonyl (C=S) groups is 1. The topological polar surface area (TPSA) is 65.3 Å². The van der Waals surface area contributed by atoms with Gasteiger partial charge in [-0.1, -0.05) is 54.3 Å². The molecule has 1 aliphatic heterocycles. The second-order valence-electron chi connectivity index (χ2n) is 3.00. The first-order valence-corrected chi connectivity index (χ1v) is 5.65. The maximum absolute atomic E-state index is 11.5. The highest BCUT2D eigenvalue weighted by molar-refractivity contribution is 8.26. The average Bonchev–Trinajstić information content (AvgIpc) is 2.61. The molecule has 0 aliphatic carbocycles. The molecule has 0 bridgehead atoms. The van der Waals surface area contributed by atoms with E-state index in [0.717, 1.165) is 17.3 Å². The Labute approximate surface area is 102 Å². The lowest BCUT2D eigenvalue weighted by atomic mass is 10.1. The normalized spacial score (nSPS) is 18.2. The predicted molar refractivity (Wildman–Crippen MR) is 66.8 cm³/mol. The van der Waals surface area contributed by atoms with Gasteiger partial charge in [-0.3, -0.25) is 4.79 Å². The summed E-state index contributed by atoms with van der Waals surface area (Å²) < 4.78 is 0.400. The van der Waals surface area contributed by atoms with Gasteiger partial charge < -0.3 is 5.32 Å². The zero-order chi connectivity index (χ0) is 11.5. The molecule has 4 nitrogen and oxygen atoms in total. The van der Waals surface area contributed by atoms with Crippen LogP contribution in [0.25, 0.3) is 5.70 Å². The fraction of sp³-hybridized carbons (Fsp3) is 0. The number of rotatable bonds is 2. The first-order chi connectivity index (χ1) is 7.72. The molecule has 0 aromatic heterocycles. The highest BCUT2D eigenvalue weighted by Crippen LogP contribution is 2.32. The van der Waals surface area contributed by atoms with Gasteiger partial charge in [0, 0.05) is 5.56 Å². The molecule has 1 heterocycles. The summed E-state index contributed by atoms with van der Waals surface area (Å²) in [4.78, 5) is 11.9. The number of carbonyl (C=O) groups excluding carboxylic acids is 1. The third-order valence-electron chi connectivity index (χ3n) is 1.99. The third-order valence-corrected chi connectivity index (χ3v) is 3.21. The van der Waals surface area contributed by atoms with Crippen molar-refractivity contribution in [1.82, 2.24) is 5.32 Å². The van der Waals surface area contributed by atoms with Gasteiger partial charge in [0.05, 0.1) is 0 Å². The predicted octanol–water partition coefficient (Wildman–Crippen LogP) is 2.53. The highest BCUT2D eigenvalue weighted by Gasteiger charge is 2.26. The van der Waals surface area contributed by atoms with E-state index in [1.54, 1.807) is 12.1 Å². The molecule has 1 saturated heterocycles. The summed E-state index contributed by atoms with van der Waals surface area (Å²) in [5, 5.41) is 5.92. The van der Waals surface area contributed by atoms with Gasteiger partial charge in [0.1, 0.15) is 14.9 Å². The Kier molecular flexibility index (Phi) is 3.12. The van der Waals surface area contributed by atoms with Crippen LogP contribution in [-0.4, -0.2) is 10.2 Å². The van der Waals surface area contributed by atoms with E-state index in [4.69, 9.17) is 17.7 Å². The van der Waals surface area contributed by atoms with Crippen molar-refractivity contribution in [2.75, 3.05) is 0 Å². The third kappa shape index (κ3) is 2.02. The van der Waals surface area contributed by atoms with Gasteiger partial charge in [0.2, 0.25) is 0 Å². The van der Waals surface area contributed by atoms with E-state index in [1.165, 1.54) is 0 Å². The molecule has 0 unspecified atom stereocenters. The molecular formula is C10H7N3OS2. The minimum absolute atomic E-state index is 0.287. The molecule has 1 fully saturated rings. The Bertz CT molecular complexity index is 496. The first-order valence-electron chi connectivity index (χ1n) is 4.42. The van der Waals surface area contributed by atoms with E-state index in [2.05, 4.69) is 10.4 Å². The lowest BCUT2D eigenvalue weighted by Crippen LogP contribution is -2.18. The Morgan fingerprint density at radius 2 is 2.06 bits per heavy atom. The number of hydrogen-bond acceptors (Lipinski definition) is 5. The molecule has 0 atom stereocenters. The number of amides is 1. The summed E-state index contributed by atoms with van der Waals surface area (Å²) in [6.45, 7) is 0. The molecule has 1 aromatic rings. The van der Waals surface area contributed by atoms with Crippen molar-refractivity contribution in [1.29, 1.82) is 5.53 Å². The second kappa shape index (κ2) is 4.54. The number of nitrogens with zero attached hydrogens (tertiary/aromatic N) is 1. The molecule has 0 spiro atoms. The van der Waals surface area contributed by atoms with Crippen molar-refractivity contribution >= 4 is 39.9 Å². The van der Waals surface area contributed by atoms with Gasteiger partial charge in [0.25, 0.3) is 5.91 Å². The van der Waals surface area contributed by atoms with Gasteiger partial charge in [-0.05, 0) is 0 Å². The largest absolute Gasteiger partial charge is 0.307 e. The van der Waals surface area contributed by atoms with Crippen LogP contribution in [0.2, 0.25) is 0 Å². The van der Waals surface area contributed by atoms with Crippen LogP contribution >= 0.6 is 24.0 Å². The maximum atomic E-state index is 11.5. The zero-order valence-electron chi connectivity index (χ0n) is 8.06. The fourth-order valence-corrected chi connectivity index (χ4v) is 2.39. The molecule has 6 heteroatoms. The van der Waals surface area contributed by atoms with Crippen LogP contribution in [0.3, 0.4) is 0 Å². The van der Waals surface area contributed by atoms with Crippen LogP contribution in [0.4, 0.5) is 0 Å². The van der Waals surface area contributed by atoms with E-state index in [-0.39, 0.29) is 5.91 Å². The molecule has 2 N–H and O–H groups in total. The van der Waals surface area contributed by atoms with Gasteiger partial charge in [-0.2, -0.15) is 5.11 Å². The van der Waals surface area contributed by atoms with E-state index in [9.17, 15) is 4.79 Å². The second-order valence-corrected chi connectivity index (χ2v) is 4.69. The summed E-state index contributed by atoms with van der Waals surface area (Å²) >= 11 is 6.02. The molecular weight excluding hydrogens is 242 g/mol. The zero-order valence-corrected chi connectivity index (χ0v) is 9.69. The lowest BCUT2D eigenvalue weighted by molar-refractivity contribution is -0.115. The summed E-state index contributed by atoms with van der Waals surface area (Å²) in [6.07, 6.45) is 0. The van der Waals surface area contributed by atoms with Gasteiger partial charge in [0.15, 0.2) is 0 Å². The molecule has 0 saturated carbocycles. The standard InChI is InChI=1S/C10H7N3OS2/c11-13-7(6-4-2-1-3-5-6)8-9(14)12-10(15)16-8/h1-5,11H,(H,12,14,15). The number of nitrogens with one attached hydrogen (secondary N) is 2. The Hall–Kier alpha value is -1.53. The minimum atomic E-state index is -0.287. The molecule has 1 amide bonds. The van der Waals surface area contributed by atoms with Crippen molar-refractivity contribution in [3.63, 3.8) is 0 Å². The Morgan fingerprint density at radius 1 is 1.38 bits per heavy atom. The highest BCUT2D eigenvalue weighted by atomic mass is 32.2. The summed E-state index contributed by atoms with van der Waals surface area (Å²) in [5.41, 5.74) is 8.23. The molecule has 80 valence electrons. The van der Waals surface area contributed by atoms with Gasteiger partial charge >= 0.3 is 0 Å². The Balaban J connectivity index is 2.51. The van der Waals surface area contributed by atoms with E-state index >= 15 is 0 Å². The van der Waals surface area contributed by atoms with Crippen molar-refractivity contribution < 1.29 is 4.79 Å². The number of benzene rings is 1. The van der Waals surface area contributed by atoms with E-state index in [0.29, 0.717) is 14.9 Å². The monoisotopic (exact) mass is 249 g/mol. The lowest BCUT2D eigenvalue weighted by Gasteiger charge is -2.01. The van der Waals surface area contributed by atoms with Crippen molar-refractivity contribution in [2.45, 2.75) is 0 Å². The SMILES string of the molecule is N=NC(=C1SC(=S)NC1=O)c1ccccc1. The summed E-state index contributed by atoms with van der Waals surface area (Å²) in [7, 11) is 0. The van der Waals surface area contributed by atoms with Crippen LogP contribution in [-0.2, 0) is 4.79 Å².